The van der Waals surface area contributed by atoms with Gasteiger partial charge in [0.1, 0.15) is 24.3 Å². The molecule has 0 saturated carbocycles. The normalized spacial score (nSPS) is 10.4. The molecule has 3 heterocycles. The Hall–Kier alpha value is -4.28. The lowest BCUT2D eigenvalue weighted by molar-refractivity contribution is 1.07. The largest absolute Gasteiger partial charge is 0.319 e. The van der Waals surface area contributed by atoms with Crippen molar-refractivity contribution in [1.82, 2.24) is 19.9 Å². The molecule has 0 bridgehead atoms. The zero-order valence-electron chi connectivity index (χ0n) is 10.6. The maximum absolute atomic E-state index is 8.94. The Bertz CT molecular complexity index is 820. The Morgan fingerprint density at radius 3 is 0.909 bits per heavy atom. The van der Waals surface area contributed by atoms with Gasteiger partial charge in [-0.25, -0.2) is 19.9 Å². The van der Waals surface area contributed by atoms with Gasteiger partial charge < -0.3 is 10.6 Å². The highest BCUT2D eigenvalue weighted by atomic mass is 15.2. The lowest BCUT2D eigenvalue weighted by Crippen LogP contribution is -2.15. The molecule has 0 radical (unpaired) electrons. The second-order valence-electron chi connectivity index (χ2n) is 3.93. The maximum Gasteiger partial charge on any atom is 0.179 e. The van der Waals surface area contributed by atoms with Crippen LogP contribution in [0.15, 0.2) is 0 Å². The molecule has 1 aliphatic rings. The van der Waals surface area contributed by atoms with Crippen LogP contribution in [-0.4, -0.2) is 19.9 Å². The molecule has 1 aliphatic heterocycles. The minimum Gasteiger partial charge on any atom is -0.319 e. The standard InChI is InChI=1S/C12H2N10/c13-1-5-6(2-14)18-10-9(17-5)21-11-12(22-10)20-8(4-16)7(3-15)19-11/h(H,17,19,21)(H,18,20,22). The van der Waals surface area contributed by atoms with Crippen molar-refractivity contribution in [3.63, 3.8) is 0 Å². The van der Waals surface area contributed by atoms with Gasteiger partial charge in [-0.15, -0.1) is 0 Å². The number of nitrogens with zero attached hydrogens (tertiary/aromatic N) is 8. The van der Waals surface area contributed by atoms with Crippen LogP contribution >= 0.6 is 0 Å². The summed E-state index contributed by atoms with van der Waals surface area (Å²) in [6, 6.07) is 7.06. The fourth-order valence-corrected chi connectivity index (χ4v) is 1.76. The predicted molar refractivity (Wildman–Crippen MR) is 69.5 cm³/mol. The topological polar surface area (TPSA) is 171 Å². The van der Waals surface area contributed by atoms with Crippen LogP contribution in [0.4, 0.5) is 23.3 Å². The minimum atomic E-state index is -0.138. The molecule has 0 unspecified atom stereocenters. The van der Waals surface area contributed by atoms with E-state index >= 15 is 0 Å². The number of rotatable bonds is 0. The maximum atomic E-state index is 8.94. The summed E-state index contributed by atoms with van der Waals surface area (Å²) in [7, 11) is 0. The van der Waals surface area contributed by atoms with Crippen LogP contribution in [0.5, 0.6) is 0 Å². The summed E-state index contributed by atoms with van der Waals surface area (Å²) < 4.78 is 0. The SMILES string of the molecule is N#Cc1nc2c(nc1C#N)Nc1nc(C#N)c(C#N)nc1N2. The summed E-state index contributed by atoms with van der Waals surface area (Å²) in [5.74, 6) is 0.689. The summed E-state index contributed by atoms with van der Waals surface area (Å²) in [4.78, 5) is 15.9. The molecule has 0 spiro atoms. The number of nitrogens with one attached hydrogen (secondary N) is 2. The number of hydrogen-bond acceptors (Lipinski definition) is 10. The Morgan fingerprint density at radius 2 is 0.727 bits per heavy atom. The van der Waals surface area contributed by atoms with Crippen LogP contribution in [0.1, 0.15) is 22.8 Å². The van der Waals surface area contributed by atoms with Gasteiger partial charge in [0, 0.05) is 0 Å². The molecule has 10 heteroatoms. The van der Waals surface area contributed by atoms with Gasteiger partial charge >= 0.3 is 0 Å². The van der Waals surface area contributed by atoms with E-state index in [1.807, 2.05) is 0 Å². The van der Waals surface area contributed by atoms with Gasteiger partial charge in [0.15, 0.2) is 46.0 Å². The molecule has 2 aromatic heterocycles. The van der Waals surface area contributed by atoms with Crippen molar-refractivity contribution >= 4 is 23.3 Å². The number of aromatic nitrogens is 4. The van der Waals surface area contributed by atoms with Crippen molar-refractivity contribution in [2.45, 2.75) is 0 Å². The molecule has 22 heavy (non-hydrogen) atoms. The first-order valence-electron chi connectivity index (χ1n) is 5.68. The third-order valence-corrected chi connectivity index (χ3v) is 2.69. The Balaban J connectivity index is 2.16. The first-order chi connectivity index (χ1) is 10.7. The van der Waals surface area contributed by atoms with E-state index in [0.717, 1.165) is 0 Å². The average Bonchev–Trinajstić information content (AvgIpc) is 2.57. The molecule has 0 saturated heterocycles. The molecule has 0 aromatic carbocycles. The Kier molecular flexibility index (Phi) is 2.71. The highest BCUT2D eigenvalue weighted by Crippen LogP contribution is 2.34. The quantitative estimate of drug-likeness (QED) is 0.594. The lowest BCUT2D eigenvalue weighted by Gasteiger charge is -2.19. The van der Waals surface area contributed by atoms with E-state index in [4.69, 9.17) is 21.0 Å². The molecule has 0 aliphatic carbocycles. The summed E-state index contributed by atoms with van der Waals surface area (Å²) in [6.45, 7) is 0. The van der Waals surface area contributed by atoms with Crippen LogP contribution in [0.2, 0.25) is 0 Å². The number of fused-ring (bicyclic) bond motifs is 2. The molecule has 0 fully saturated rings. The molecule has 0 amide bonds. The zero-order chi connectivity index (χ0) is 15.7. The molecule has 2 aromatic rings. The van der Waals surface area contributed by atoms with Crippen molar-refractivity contribution in [3.8, 4) is 24.3 Å². The van der Waals surface area contributed by atoms with Crippen LogP contribution in [0.25, 0.3) is 0 Å². The van der Waals surface area contributed by atoms with E-state index in [1.165, 1.54) is 0 Å². The van der Waals surface area contributed by atoms with Crippen LogP contribution < -0.4 is 10.6 Å². The molecular formula is C12H2N10. The molecule has 100 valence electrons. The highest BCUT2D eigenvalue weighted by molar-refractivity contribution is 5.83. The van der Waals surface area contributed by atoms with Gasteiger partial charge in [0.25, 0.3) is 0 Å². The van der Waals surface area contributed by atoms with E-state index < -0.39 is 0 Å². The molecular weight excluding hydrogens is 284 g/mol. The van der Waals surface area contributed by atoms with Crippen LogP contribution in [-0.2, 0) is 0 Å². The molecule has 2 N–H and O–H groups in total. The third-order valence-electron chi connectivity index (χ3n) is 2.69. The fraction of sp³-hybridized carbons (Fsp3) is 0. The van der Waals surface area contributed by atoms with Gasteiger partial charge in [-0.1, -0.05) is 0 Å². The predicted octanol–water partition coefficient (Wildman–Crippen LogP) is 0.554. The van der Waals surface area contributed by atoms with Crippen molar-refractivity contribution in [2.24, 2.45) is 0 Å². The van der Waals surface area contributed by atoms with Crippen molar-refractivity contribution < 1.29 is 0 Å². The number of hydrogen-bond donors (Lipinski definition) is 2. The van der Waals surface area contributed by atoms with Gasteiger partial charge in [-0.3, -0.25) is 0 Å². The Labute approximate surface area is 122 Å². The van der Waals surface area contributed by atoms with Gasteiger partial charge in [0.05, 0.1) is 0 Å². The molecule has 0 atom stereocenters. The van der Waals surface area contributed by atoms with E-state index in [2.05, 4.69) is 30.6 Å². The van der Waals surface area contributed by atoms with E-state index in [-0.39, 0.29) is 46.0 Å². The molecule has 3 rings (SSSR count). The van der Waals surface area contributed by atoms with Crippen molar-refractivity contribution in [1.29, 1.82) is 21.0 Å². The zero-order valence-corrected chi connectivity index (χ0v) is 10.6. The summed E-state index contributed by atoms with van der Waals surface area (Å²) in [5.41, 5.74) is -0.551. The van der Waals surface area contributed by atoms with Crippen LogP contribution in [0, 0.1) is 45.3 Å². The Morgan fingerprint density at radius 1 is 0.500 bits per heavy atom. The average molecular weight is 286 g/mol. The van der Waals surface area contributed by atoms with E-state index in [0.29, 0.717) is 0 Å². The monoisotopic (exact) mass is 286 g/mol. The second-order valence-corrected chi connectivity index (χ2v) is 3.93. The minimum absolute atomic E-state index is 0.138. The number of nitriles is 4. The van der Waals surface area contributed by atoms with Gasteiger partial charge in [0.2, 0.25) is 0 Å². The van der Waals surface area contributed by atoms with Gasteiger partial charge in [-0.05, 0) is 0 Å². The fourth-order valence-electron chi connectivity index (χ4n) is 1.76. The number of anilines is 4. The second kappa shape index (κ2) is 4.68. The van der Waals surface area contributed by atoms with Crippen molar-refractivity contribution in [2.75, 3.05) is 10.6 Å². The van der Waals surface area contributed by atoms with E-state index in [1.54, 1.807) is 24.3 Å². The highest BCUT2D eigenvalue weighted by Gasteiger charge is 2.24. The summed E-state index contributed by atoms with van der Waals surface area (Å²) >= 11 is 0. The van der Waals surface area contributed by atoms with Gasteiger partial charge in [-0.2, -0.15) is 21.0 Å². The molecule has 10 nitrogen and oxygen atoms in total. The summed E-state index contributed by atoms with van der Waals surface area (Å²) in [6.07, 6.45) is 0. The van der Waals surface area contributed by atoms with E-state index in [9.17, 15) is 0 Å². The lowest BCUT2D eigenvalue weighted by atomic mass is 10.3. The summed E-state index contributed by atoms with van der Waals surface area (Å²) in [5, 5.41) is 41.3. The third kappa shape index (κ3) is 1.78. The smallest absolute Gasteiger partial charge is 0.179 e. The first kappa shape index (κ1) is 12.7. The van der Waals surface area contributed by atoms with Crippen molar-refractivity contribution in [3.05, 3.63) is 22.8 Å². The first-order valence-corrected chi connectivity index (χ1v) is 5.68. The van der Waals surface area contributed by atoms with Crippen LogP contribution in [0.3, 0.4) is 0 Å².